The standard InChI is InChI=1S/C23H19Cl2N3O/c1-13-20(14-5-9-16(24)10-6-14)23-26-18-3-2-4-19(29)21(18)22(28(23)27-13)15-7-11-17(25)12-8-15/h5-12,22,26H,2-4H2,1H3. The molecular formula is C23H19Cl2N3O. The van der Waals surface area contributed by atoms with Gasteiger partial charge in [-0.25, -0.2) is 4.68 Å². The van der Waals surface area contributed by atoms with Crippen molar-refractivity contribution in [3.05, 3.63) is 81.1 Å². The molecule has 0 spiro atoms. The van der Waals surface area contributed by atoms with E-state index >= 15 is 0 Å². The third-order valence-corrected chi connectivity index (χ3v) is 6.15. The van der Waals surface area contributed by atoms with Gasteiger partial charge in [-0.15, -0.1) is 0 Å². The molecule has 0 saturated heterocycles. The molecule has 2 heterocycles. The molecule has 1 aliphatic carbocycles. The van der Waals surface area contributed by atoms with Crippen LogP contribution in [0.15, 0.2) is 59.8 Å². The molecule has 0 amide bonds. The van der Waals surface area contributed by atoms with E-state index in [9.17, 15) is 4.79 Å². The van der Waals surface area contributed by atoms with Gasteiger partial charge in [-0.1, -0.05) is 47.5 Å². The second kappa shape index (κ2) is 7.05. The van der Waals surface area contributed by atoms with Crippen LogP contribution in [-0.4, -0.2) is 15.6 Å². The molecule has 29 heavy (non-hydrogen) atoms. The summed E-state index contributed by atoms with van der Waals surface area (Å²) in [5.74, 6) is 1.10. The Morgan fingerprint density at radius 1 is 1.00 bits per heavy atom. The highest BCUT2D eigenvalue weighted by atomic mass is 35.5. The predicted octanol–water partition coefficient (Wildman–Crippen LogP) is 6.19. The molecule has 1 aromatic heterocycles. The van der Waals surface area contributed by atoms with Crippen LogP contribution in [0.5, 0.6) is 0 Å². The average molecular weight is 424 g/mol. The van der Waals surface area contributed by atoms with Gasteiger partial charge in [-0.05, 0) is 55.2 Å². The van der Waals surface area contributed by atoms with E-state index in [-0.39, 0.29) is 11.8 Å². The highest BCUT2D eigenvalue weighted by molar-refractivity contribution is 6.30. The fourth-order valence-electron chi connectivity index (χ4n) is 4.35. The van der Waals surface area contributed by atoms with E-state index in [4.69, 9.17) is 28.3 Å². The monoisotopic (exact) mass is 423 g/mol. The van der Waals surface area contributed by atoms with Crippen molar-refractivity contribution in [2.75, 3.05) is 5.32 Å². The van der Waals surface area contributed by atoms with Crippen molar-refractivity contribution < 1.29 is 4.79 Å². The molecular weight excluding hydrogens is 405 g/mol. The molecule has 1 N–H and O–H groups in total. The van der Waals surface area contributed by atoms with E-state index in [1.807, 2.05) is 60.1 Å². The highest BCUT2D eigenvalue weighted by Gasteiger charge is 2.37. The number of nitrogens with zero attached hydrogens (tertiary/aromatic N) is 2. The van der Waals surface area contributed by atoms with Crippen LogP contribution in [0, 0.1) is 6.92 Å². The minimum Gasteiger partial charge on any atom is -0.343 e. The SMILES string of the molecule is Cc1nn2c(c1-c1ccc(Cl)cc1)NC1=C(C(=O)CCC1)C2c1ccc(Cl)cc1. The van der Waals surface area contributed by atoms with E-state index in [0.29, 0.717) is 16.5 Å². The maximum Gasteiger partial charge on any atom is 0.163 e. The number of carbonyl (C=O) groups is 1. The zero-order valence-corrected chi connectivity index (χ0v) is 17.4. The molecule has 0 saturated carbocycles. The van der Waals surface area contributed by atoms with Gasteiger partial charge in [0.15, 0.2) is 5.78 Å². The number of Topliss-reactive ketones (excluding diaryl/α,β-unsaturated/α-hetero) is 1. The summed E-state index contributed by atoms with van der Waals surface area (Å²) >= 11 is 12.2. The average Bonchev–Trinajstić information content (AvgIpc) is 3.03. The quantitative estimate of drug-likeness (QED) is 0.534. The molecule has 4 nitrogen and oxygen atoms in total. The van der Waals surface area contributed by atoms with Crippen LogP contribution in [-0.2, 0) is 4.79 Å². The summed E-state index contributed by atoms with van der Waals surface area (Å²) < 4.78 is 1.95. The Hall–Kier alpha value is -2.56. The lowest BCUT2D eigenvalue weighted by atomic mass is 9.85. The fourth-order valence-corrected chi connectivity index (χ4v) is 4.60. The lowest BCUT2D eigenvalue weighted by molar-refractivity contribution is -0.116. The maximum atomic E-state index is 12.9. The Kier molecular flexibility index (Phi) is 4.49. The first kappa shape index (κ1) is 18.5. The molecule has 0 fully saturated rings. The lowest BCUT2D eigenvalue weighted by Gasteiger charge is -2.33. The summed E-state index contributed by atoms with van der Waals surface area (Å²) in [5, 5.41) is 9.77. The number of rotatable bonds is 2. The largest absolute Gasteiger partial charge is 0.343 e. The van der Waals surface area contributed by atoms with E-state index in [0.717, 1.165) is 52.3 Å². The number of aromatic nitrogens is 2. The molecule has 0 bridgehead atoms. The fraction of sp³-hybridized carbons (Fsp3) is 0.217. The second-order valence-electron chi connectivity index (χ2n) is 7.51. The first-order chi connectivity index (χ1) is 14.0. The number of carbonyl (C=O) groups excluding carboxylic acids is 1. The maximum absolute atomic E-state index is 12.9. The van der Waals surface area contributed by atoms with Crippen LogP contribution in [0.3, 0.4) is 0 Å². The molecule has 0 radical (unpaired) electrons. The third-order valence-electron chi connectivity index (χ3n) is 5.65. The first-order valence-corrected chi connectivity index (χ1v) is 10.4. The Bertz CT molecular complexity index is 1140. The summed E-state index contributed by atoms with van der Waals surface area (Å²) in [6.45, 7) is 2.00. The number of anilines is 1. The number of ketones is 1. The highest BCUT2D eigenvalue weighted by Crippen LogP contribution is 2.45. The van der Waals surface area contributed by atoms with Gasteiger partial charge in [0.1, 0.15) is 11.9 Å². The van der Waals surface area contributed by atoms with Crippen LogP contribution in [0.1, 0.15) is 36.6 Å². The van der Waals surface area contributed by atoms with Gasteiger partial charge in [0.05, 0.1) is 5.69 Å². The zero-order chi connectivity index (χ0) is 20.1. The molecule has 6 heteroatoms. The number of hydrogen-bond acceptors (Lipinski definition) is 3. The van der Waals surface area contributed by atoms with Crippen molar-refractivity contribution in [1.29, 1.82) is 0 Å². The normalized spacial score (nSPS) is 18.3. The number of aryl methyl sites for hydroxylation is 1. The Balaban J connectivity index is 1.73. The van der Waals surface area contributed by atoms with Crippen molar-refractivity contribution in [2.45, 2.75) is 32.2 Å². The van der Waals surface area contributed by atoms with Crippen molar-refractivity contribution >= 4 is 34.8 Å². The molecule has 2 aliphatic rings. The van der Waals surface area contributed by atoms with Gasteiger partial charge < -0.3 is 5.32 Å². The summed E-state index contributed by atoms with van der Waals surface area (Å²) in [6.07, 6.45) is 2.29. The Morgan fingerprint density at radius 2 is 1.66 bits per heavy atom. The van der Waals surface area contributed by atoms with Gasteiger partial charge in [-0.2, -0.15) is 5.10 Å². The van der Waals surface area contributed by atoms with Crippen molar-refractivity contribution in [3.63, 3.8) is 0 Å². The second-order valence-corrected chi connectivity index (χ2v) is 8.38. The van der Waals surface area contributed by atoms with Gasteiger partial charge in [0, 0.05) is 33.3 Å². The molecule has 1 atom stereocenters. The minimum absolute atomic E-state index is 0.186. The topological polar surface area (TPSA) is 46.9 Å². The van der Waals surface area contributed by atoms with Crippen molar-refractivity contribution in [3.8, 4) is 11.1 Å². The number of nitrogens with one attached hydrogen (secondary N) is 1. The molecule has 3 aromatic rings. The molecule has 5 rings (SSSR count). The van der Waals surface area contributed by atoms with Crippen LogP contribution in [0.25, 0.3) is 11.1 Å². The first-order valence-electron chi connectivity index (χ1n) is 9.66. The lowest BCUT2D eigenvalue weighted by Crippen LogP contribution is -2.31. The number of hydrogen-bond donors (Lipinski definition) is 1. The summed E-state index contributed by atoms with van der Waals surface area (Å²) in [5.41, 5.74) is 5.80. The van der Waals surface area contributed by atoms with Crippen LogP contribution in [0.2, 0.25) is 10.0 Å². The predicted molar refractivity (Wildman–Crippen MR) is 117 cm³/mol. The molecule has 1 aliphatic heterocycles. The van der Waals surface area contributed by atoms with Gasteiger partial charge in [0.2, 0.25) is 0 Å². The zero-order valence-electron chi connectivity index (χ0n) is 15.9. The van der Waals surface area contributed by atoms with Crippen molar-refractivity contribution in [1.82, 2.24) is 9.78 Å². The number of halogens is 2. The summed E-state index contributed by atoms with van der Waals surface area (Å²) in [7, 11) is 0. The smallest absolute Gasteiger partial charge is 0.163 e. The van der Waals surface area contributed by atoms with E-state index < -0.39 is 0 Å². The molecule has 2 aromatic carbocycles. The minimum atomic E-state index is -0.258. The van der Waals surface area contributed by atoms with Crippen LogP contribution < -0.4 is 5.32 Å². The van der Waals surface area contributed by atoms with Gasteiger partial charge >= 0.3 is 0 Å². The number of benzene rings is 2. The van der Waals surface area contributed by atoms with Crippen LogP contribution >= 0.6 is 23.2 Å². The third kappa shape index (κ3) is 3.07. The van der Waals surface area contributed by atoms with E-state index in [2.05, 4.69) is 5.32 Å². The van der Waals surface area contributed by atoms with E-state index in [1.165, 1.54) is 0 Å². The summed E-state index contributed by atoms with van der Waals surface area (Å²) in [6, 6.07) is 15.2. The number of fused-ring (bicyclic) bond motifs is 1. The van der Waals surface area contributed by atoms with Crippen LogP contribution in [0.4, 0.5) is 5.82 Å². The number of allylic oxidation sites excluding steroid dienone is 2. The van der Waals surface area contributed by atoms with Gasteiger partial charge in [-0.3, -0.25) is 4.79 Å². The van der Waals surface area contributed by atoms with E-state index in [1.54, 1.807) is 0 Å². The summed E-state index contributed by atoms with van der Waals surface area (Å²) in [4.78, 5) is 12.9. The molecule has 146 valence electrons. The van der Waals surface area contributed by atoms with Gasteiger partial charge in [0.25, 0.3) is 0 Å². The van der Waals surface area contributed by atoms with Crippen molar-refractivity contribution in [2.24, 2.45) is 0 Å². The Morgan fingerprint density at radius 3 is 2.34 bits per heavy atom. The molecule has 1 unspecified atom stereocenters. The Labute approximate surface area is 179 Å².